The SMILES string of the molecule is COc1ccc(CC[C@H]2OC(=O)[C@@H]3CCCCN3CC(=O)C(C)(C)COC(=O)/C=C\CCN(C)C(=O)CNC(=O)[C@H](C(C)C)N(C)C(=O)[C@@H](Cc3ccccc3)NC(=O)[C@H](CC(C)C)N(C)C(=O)CCC(=O)Nc3cccc2c3)cc1OC. The van der Waals surface area contributed by atoms with Gasteiger partial charge in [-0.15, -0.1) is 0 Å². The second-order valence-electron chi connectivity index (χ2n) is 23.0. The highest BCUT2D eigenvalue weighted by molar-refractivity contribution is 5.97. The first kappa shape index (κ1) is 66.2. The maximum absolute atomic E-state index is 14.6. The lowest BCUT2D eigenvalue weighted by atomic mass is 9.88. The Bertz CT molecular complexity index is 2770. The molecule has 6 amide bonds. The van der Waals surface area contributed by atoms with Gasteiger partial charge in [0, 0.05) is 58.7 Å². The molecule has 5 atom stereocenters. The smallest absolute Gasteiger partial charge is 0.330 e. The zero-order chi connectivity index (χ0) is 61.0. The average molecular weight is 1150 g/mol. The maximum Gasteiger partial charge on any atom is 0.330 e. The lowest BCUT2D eigenvalue weighted by molar-refractivity contribution is -0.158. The number of aryl methyl sites for hydroxylation is 1. The highest BCUT2D eigenvalue weighted by atomic mass is 16.5. The van der Waals surface area contributed by atoms with E-state index in [1.165, 1.54) is 34.9 Å². The molecule has 0 aliphatic carbocycles. The molecule has 2 heterocycles. The maximum atomic E-state index is 14.6. The lowest BCUT2D eigenvalue weighted by Crippen LogP contribution is -2.59. The van der Waals surface area contributed by atoms with Gasteiger partial charge < -0.3 is 49.6 Å². The Kier molecular flexibility index (Phi) is 25.3. The number of nitrogens with one attached hydrogen (secondary N) is 3. The Morgan fingerprint density at radius 1 is 0.759 bits per heavy atom. The van der Waals surface area contributed by atoms with E-state index >= 15 is 0 Å². The molecule has 0 unspecified atom stereocenters. The van der Waals surface area contributed by atoms with Gasteiger partial charge >= 0.3 is 11.9 Å². The van der Waals surface area contributed by atoms with Crippen molar-refractivity contribution in [3.05, 3.63) is 102 Å². The molecule has 3 aromatic rings. The van der Waals surface area contributed by atoms with Crippen molar-refractivity contribution >= 4 is 58.9 Å². The Labute approximate surface area is 489 Å². The molecule has 20 heteroatoms. The van der Waals surface area contributed by atoms with Gasteiger partial charge in [0.2, 0.25) is 35.4 Å². The number of anilines is 1. The zero-order valence-corrected chi connectivity index (χ0v) is 50.3. The molecular formula is C63H87N7O13. The largest absolute Gasteiger partial charge is 0.493 e. The van der Waals surface area contributed by atoms with Crippen molar-refractivity contribution in [2.24, 2.45) is 17.3 Å². The minimum Gasteiger partial charge on any atom is -0.493 e. The van der Waals surface area contributed by atoms with Crippen LogP contribution in [0.15, 0.2) is 84.9 Å². The van der Waals surface area contributed by atoms with Crippen molar-refractivity contribution in [1.82, 2.24) is 30.2 Å². The van der Waals surface area contributed by atoms with Crippen molar-refractivity contribution in [3.63, 3.8) is 0 Å². The van der Waals surface area contributed by atoms with Gasteiger partial charge in [-0.25, -0.2) is 4.79 Å². The normalized spacial score (nSPS) is 22.9. The van der Waals surface area contributed by atoms with Crippen molar-refractivity contribution in [3.8, 4) is 11.5 Å². The molecule has 83 heavy (non-hydrogen) atoms. The lowest BCUT2D eigenvalue weighted by Gasteiger charge is -2.36. The fourth-order valence-corrected chi connectivity index (χ4v) is 10.2. The Morgan fingerprint density at radius 2 is 1.48 bits per heavy atom. The molecule has 3 N–H and O–H groups in total. The molecule has 2 bridgehead atoms. The Morgan fingerprint density at radius 3 is 2.17 bits per heavy atom. The first-order chi connectivity index (χ1) is 39.4. The number of methoxy groups -OCH3 is 2. The van der Waals surface area contributed by atoms with Gasteiger partial charge in [0.1, 0.15) is 36.9 Å². The number of hydrogen-bond donors (Lipinski definition) is 3. The van der Waals surface area contributed by atoms with Crippen LogP contribution in [0.5, 0.6) is 11.5 Å². The summed E-state index contributed by atoms with van der Waals surface area (Å²) in [6.07, 6.45) is 4.72. The number of piperidine rings is 1. The van der Waals surface area contributed by atoms with Gasteiger partial charge in [0.05, 0.1) is 32.7 Å². The van der Waals surface area contributed by atoms with Crippen LogP contribution in [0, 0.1) is 17.3 Å². The van der Waals surface area contributed by atoms with E-state index in [9.17, 15) is 43.2 Å². The van der Waals surface area contributed by atoms with Crippen molar-refractivity contribution in [2.45, 2.75) is 136 Å². The number of likely N-dealkylation sites (N-methyl/N-ethyl adjacent to an activating group) is 3. The summed E-state index contributed by atoms with van der Waals surface area (Å²) in [7, 11) is 7.62. The summed E-state index contributed by atoms with van der Waals surface area (Å²) in [5.41, 5.74) is 1.48. The van der Waals surface area contributed by atoms with Crippen LogP contribution in [0.2, 0.25) is 0 Å². The molecule has 2 aliphatic heterocycles. The molecule has 0 aromatic heterocycles. The third-order valence-electron chi connectivity index (χ3n) is 15.2. The van der Waals surface area contributed by atoms with E-state index < -0.39 is 89.0 Å². The molecule has 1 saturated heterocycles. The van der Waals surface area contributed by atoms with E-state index in [0.29, 0.717) is 48.6 Å². The number of Topliss-reactive ketones (excluding diaryl/α,β-unsaturated/α-hetero) is 1. The van der Waals surface area contributed by atoms with Gasteiger partial charge in [0.15, 0.2) is 17.3 Å². The van der Waals surface area contributed by atoms with E-state index in [1.807, 2.05) is 49.1 Å². The van der Waals surface area contributed by atoms with Crippen LogP contribution < -0.4 is 25.4 Å². The molecule has 0 radical (unpaired) electrons. The number of hydrogen-bond acceptors (Lipinski definition) is 14. The van der Waals surface area contributed by atoms with Crippen LogP contribution in [0.3, 0.4) is 0 Å². The number of ether oxygens (including phenoxy) is 4. The number of amides is 6. The first-order valence-electron chi connectivity index (χ1n) is 28.7. The van der Waals surface area contributed by atoms with E-state index in [4.69, 9.17) is 18.9 Å². The van der Waals surface area contributed by atoms with E-state index in [0.717, 1.165) is 24.0 Å². The van der Waals surface area contributed by atoms with Gasteiger partial charge in [-0.05, 0) is 112 Å². The summed E-state index contributed by atoms with van der Waals surface area (Å²) in [5, 5.41) is 8.49. The Hall–Kier alpha value is -7.61. The van der Waals surface area contributed by atoms with E-state index in [1.54, 1.807) is 97.5 Å². The molecule has 20 nitrogen and oxygen atoms in total. The van der Waals surface area contributed by atoms with Crippen LogP contribution in [0.4, 0.5) is 5.69 Å². The summed E-state index contributed by atoms with van der Waals surface area (Å²) in [6, 6.07) is 17.5. The summed E-state index contributed by atoms with van der Waals surface area (Å²) in [4.78, 5) is 131. The van der Waals surface area contributed by atoms with Gasteiger partial charge in [0.25, 0.3) is 0 Å². The number of rotatable bonds is 10. The van der Waals surface area contributed by atoms with E-state index in [-0.39, 0.29) is 70.0 Å². The van der Waals surface area contributed by atoms with Gasteiger partial charge in [-0.1, -0.05) is 88.7 Å². The fraction of sp³-hybridized carbons (Fsp3) is 0.540. The zero-order valence-electron chi connectivity index (χ0n) is 50.3. The number of ketones is 1. The number of fused-ring (bicyclic) bond motifs is 3. The molecule has 3 aromatic carbocycles. The monoisotopic (exact) mass is 1150 g/mol. The molecular weight excluding hydrogens is 1060 g/mol. The Balaban J connectivity index is 1.45. The van der Waals surface area contributed by atoms with Gasteiger partial charge in [-0.3, -0.25) is 43.3 Å². The number of benzene rings is 3. The number of carbonyl (C=O) groups is 9. The number of carbonyl (C=O) groups excluding carboxylic acids is 9. The third kappa shape index (κ3) is 19.8. The number of nitrogens with zero attached hydrogens (tertiary/aromatic N) is 4. The predicted molar refractivity (Wildman–Crippen MR) is 314 cm³/mol. The minimum absolute atomic E-state index is 0.0585. The minimum atomic E-state index is -1.18. The molecule has 0 saturated carbocycles. The van der Waals surface area contributed by atoms with Crippen LogP contribution in [-0.2, 0) is 65.5 Å². The second kappa shape index (κ2) is 31.7. The summed E-state index contributed by atoms with van der Waals surface area (Å²) in [5.74, 6) is -3.99. The number of cyclic esters (lactones) is 2. The first-order valence-corrected chi connectivity index (χ1v) is 28.7. The highest BCUT2D eigenvalue weighted by Crippen LogP contribution is 2.33. The van der Waals surface area contributed by atoms with Crippen LogP contribution in [-0.4, -0.2) is 165 Å². The van der Waals surface area contributed by atoms with Crippen molar-refractivity contribution in [2.75, 3.05) is 73.5 Å². The number of esters is 2. The molecule has 2 aliphatic rings. The van der Waals surface area contributed by atoms with E-state index in [2.05, 4.69) is 16.0 Å². The third-order valence-corrected chi connectivity index (χ3v) is 15.2. The highest BCUT2D eigenvalue weighted by Gasteiger charge is 2.39. The van der Waals surface area contributed by atoms with Crippen LogP contribution >= 0.6 is 0 Å². The predicted octanol–water partition coefficient (Wildman–Crippen LogP) is 6.25. The molecule has 1 fully saturated rings. The quantitative estimate of drug-likeness (QED) is 0.190. The molecule has 5 rings (SSSR count). The standard InChI is InChI=1S/C63H87N7O13/c1-41(2)34-49-59(76)66-47(35-43-20-13-12-14-21-43)61(78)69(9)58(42(3)4)60(77)64-38-56(74)67(7)32-17-16-25-57(75)82-40-63(5,6)53(71)39-70-33-18-15-24-48(70)62(79)83-50(28-26-44-27-29-51(80-10)52(36-44)81-11)45-22-19-23-46(37-45)65-54(72)30-31-55(73)68(49)8/h12-14,16,19-23,25,27,29,36-37,41-42,47-50,58H,15,17-18,24,26,28,30-35,38-40H2,1-11H3,(H,64,77)(H,65,72)(H,66,76)/b25-16-/t47-,48+,49+,50-,58+/m1/s1. The van der Waals surface area contributed by atoms with Crippen LogP contribution in [0.1, 0.15) is 116 Å². The summed E-state index contributed by atoms with van der Waals surface area (Å²) in [6.45, 7) is 10.6. The van der Waals surface area contributed by atoms with Crippen molar-refractivity contribution < 1.29 is 62.1 Å². The molecule has 0 spiro atoms. The topological polar surface area (TPSA) is 240 Å². The summed E-state index contributed by atoms with van der Waals surface area (Å²) >= 11 is 0. The van der Waals surface area contributed by atoms with Crippen LogP contribution in [0.25, 0.3) is 0 Å². The molecule has 452 valence electrons. The average Bonchev–Trinajstić information content (AvgIpc) is 3.57. The second-order valence-corrected chi connectivity index (χ2v) is 23.0. The summed E-state index contributed by atoms with van der Waals surface area (Å²) < 4.78 is 23.0. The fourth-order valence-electron chi connectivity index (χ4n) is 10.2. The van der Waals surface area contributed by atoms with Crippen molar-refractivity contribution in [1.29, 1.82) is 0 Å². The van der Waals surface area contributed by atoms with Gasteiger partial charge in [-0.2, -0.15) is 0 Å².